The second-order valence-corrected chi connectivity index (χ2v) is 4.68. The first-order chi connectivity index (χ1) is 7.79. The van der Waals surface area contributed by atoms with Crippen LogP contribution in [0, 0.1) is 5.82 Å². The summed E-state index contributed by atoms with van der Waals surface area (Å²) in [5.74, 6) is 0.256. The third-order valence-electron chi connectivity index (χ3n) is 2.14. The smallest absolute Gasteiger partial charge is 0.124 e. The van der Waals surface area contributed by atoms with E-state index in [1.807, 2.05) is 30.3 Å². The standard InChI is InChI=1S/C13H10ClFS/c14-9-10-4-1-2-7-13(10)16-12-6-3-5-11(15)8-12/h1-8H,9H2. The molecule has 0 aliphatic carbocycles. The Morgan fingerprint density at radius 2 is 1.88 bits per heavy atom. The Hall–Kier alpha value is -0.990. The van der Waals surface area contributed by atoms with Gasteiger partial charge < -0.3 is 0 Å². The molecule has 0 bridgehead atoms. The summed E-state index contributed by atoms with van der Waals surface area (Å²) in [5.41, 5.74) is 1.07. The van der Waals surface area contributed by atoms with E-state index in [4.69, 9.17) is 11.6 Å². The molecule has 0 aromatic heterocycles. The number of halogens is 2. The summed E-state index contributed by atoms with van der Waals surface area (Å²) in [4.78, 5) is 1.96. The van der Waals surface area contributed by atoms with E-state index in [2.05, 4.69) is 0 Å². The van der Waals surface area contributed by atoms with Crippen molar-refractivity contribution >= 4 is 23.4 Å². The summed E-state index contributed by atoms with van der Waals surface area (Å²) >= 11 is 7.37. The van der Waals surface area contributed by atoms with Crippen molar-refractivity contribution in [1.29, 1.82) is 0 Å². The van der Waals surface area contributed by atoms with Crippen molar-refractivity contribution in [2.75, 3.05) is 0 Å². The van der Waals surface area contributed by atoms with Gasteiger partial charge in [-0.2, -0.15) is 0 Å². The number of alkyl halides is 1. The van der Waals surface area contributed by atoms with Gasteiger partial charge in [-0.25, -0.2) is 4.39 Å². The van der Waals surface area contributed by atoms with Crippen molar-refractivity contribution < 1.29 is 4.39 Å². The van der Waals surface area contributed by atoms with Gasteiger partial charge in [-0.3, -0.25) is 0 Å². The quantitative estimate of drug-likeness (QED) is 0.713. The Morgan fingerprint density at radius 1 is 1.06 bits per heavy atom. The van der Waals surface area contributed by atoms with Crippen LogP contribution in [0.15, 0.2) is 58.3 Å². The van der Waals surface area contributed by atoms with Crippen molar-refractivity contribution in [2.24, 2.45) is 0 Å². The number of hydrogen-bond acceptors (Lipinski definition) is 1. The number of rotatable bonds is 3. The minimum Gasteiger partial charge on any atom is -0.207 e. The first kappa shape index (κ1) is 11.5. The van der Waals surface area contributed by atoms with Gasteiger partial charge in [-0.15, -0.1) is 11.6 Å². The molecular formula is C13H10ClFS. The molecule has 0 saturated heterocycles. The highest BCUT2D eigenvalue weighted by Crippen LogP contribution is 2.31. The van der Waals surface area contributed by atoms with E-state index >= 15 is 0 Å². The minimum atomic E-state index is -0.214. The Morgan fingerprint density at radius 3 is 2.62 bits per heavy atom. The van der Waals surface area contributed by atoms with Gasteiger partial charge in [0.25, 0.3) is 0 Å². The Kier molecular flexibility index (Phi) is 3.86. The second-order valence-electron chi connectivity index (χ2n) is 3.30. The summed E-state index contributed by atoms with van der Waals surface area (Å²) in [5, 5.41) is 0. The maximum atomic E-state index is 13.0. The summed E-state index contributed by atoms with van der Waals surface area (Å²) in [6.45, 7) is 0. The molecule has 0 heterocycles. The van der Waals surface area contributed by atoms with Gasteiger partial charge in [-0.05, 0) is 29.8 Å². The molecule has 0 spiro atoms. The van der Waals surface area contributed by atoms with E-state index in [0.29, 0.717) is 5.88 Å². The highest BCUT2D eigenvalue weighted by molar-refractivity contribution is 7.99. The van der Waals surface area contributed by atoms with Crippen LogP contribution in [-0.4, -0.2) is 0 Å². The lowest BCUT2D eigenvalue weighted by Gasteiger charge is -2.06. The van der Waals surface area contributed by atoms with E-state index in [-0.39, 0.29) is 5.82 Å². The summed E-state index contributed by atoms with van der Waals surface area (Å²) in [7, 11) is 0. The molecule has 0 N–H and O–H groups in total. The minimum absolute atomic E-state index is 0.214. The van der Waals surface area contributed by atoms with E-state index in [9.17, 15) is 4.39 Å². The predicted molar refractivity (Wildman–Crippen MR) is 66.5 cm³/mol. The van der Waals surface area contributed by atoms with E-state index < -0.39 is 0 Å². The van der Waals surface area contributed by atoms with Crippen LogP contribution in [-0.2, 0) is 5.88 Å². The van der Waals surface area contributed by atoms with Gasteiger partial charge in [0.2, 0.25) is 0 Å². The molecule has 0 atom stereocenters. The molecule has 16 heavy (non-hydrogen) atoms. The van der Waals surface area contributed by atoms with Crippen LogP contribution in [0.4, 0.5) is 4.39 Å². The molecule has 2 rings (SSSR count). The van der Waals surface area contributed by atoms with Crippen LogP contribution in [0.5, 0.6) is 0 Å². The molecular weight excluding hydrogens is 243 g/mol. The second kappa shape index (κ2) is 5.37. The monoisotopic (exact) mass is 252 g/mol. The SMILES string of the molecule is Fc1cccc(Sc2ccccc2CCl)c1. The Bertz CT molecular complexity index is 485. The van der Waals surface area contributed by atoms with Crippen LogP contribution in [0.25, 0.3) is 0 Å². The highest BCUT2D eigenvalue weighted by atomic mass is 35.5. The molecule has 2 aromatic rings. The molecule has 2 aromatic carbocycles. The van der Waals surface area contributed by atoms with Gasteiger partial charge in [-0.1, -0.05) is 36.0 Å². The molecule has 0 unspecified atom stereocenters. The van der Waals surface area contributed by atoms with Crippen LogP contribution < -0.4 is 0 Å². The molecule has 0 saturated carbocycles. The molecule has 0 amide bonds. The van der Waals surface area contributed by atoms with Gasteiger partial charge in [0, 0.05) is 15.7 Å². The number of benzene rings is 2. The van der Waals surface area contributed by atoms with Crippen LogP contribution in [0.1, 0.15) is 5.56 Å². The third-order valence-corrected chi connectivity index (χ3v) is 3.54. The predicted octanol–water partition coefficient (Wildman–Crippen LogP) is 4.72. The van der Waals surface area contributed by atoms with Crippen molar-refractivity contribution in [3.63, 3.8) is 0 Å². The molecule has 82 valence electrons. The average molecular weight is 253 g/mol. The number of hydrogen-bond donors (Lipinski definition) is 0. The van der Waals surface area contributed by atoms with Crippen LogP contribution in [0.3, 0.4) is 0 Å². The fourth-order valence-electron chi connectivity index (χ4n) is 1.37. The molecule has 0 radical (unpaired) electrons. The Balaban J connectivity index is 2.26. The average Bonchev–Trinajstić information content (AvgIpc) is 2.30. The molecule has 0 fully saturated rings. The molecule has 0 aliphatic rings. The van der Waals surface area contributed by atoms with Gasteiger partial charge in [0.05, 0.1) is 0 Å². The first-order valence-corrected chi connectivity index (χ1v) is 6.22. The third kappa shape index (κ3) is 2.77. The van der Waals surface area contributed by atoms with E-state index in [0.717, 1.165) is 15.4 Å². The fourth-order valence-corrected chi connectivity index (χ4v) is 2.67. The molecule has 0 nitrogen and oxygen atoms in total. The highest BCUT2D eigenvalue weighted by Gasteiger charge is 2.03. The zero-order valence-corrected chi connectivity index (χ0v) is 10.1. The van der Waals surface area contributed by atoms with E-state index in [1.54, 1.807) is 6.07 Å². The fraction of sp³-hybridized carbons (Fsp3) is 0.0769. The van der Waals surface area contributed by atoms with E-state index in [1.165, 1.54) is 23.9 Å². The summed E-state index contributed by atoms with van der Waals surface area (Å²) in [6, 6.07) is 14.4. The van der Waals surface area contributed by atoms with Crippen molar-refractivity contribution in [3.8, 4) is 0 Å². The summed E-state index contributed by atoms with van der Waals surface area (Å²) in [6.07, 6.45) is 0. The first-order valence-electron chi connectivity index (χ1n) is 4.87. The zero-order chi connectivity index (χ0) is 11.4. The van der Waals surface area contributed by atoms with Gasteiger partial charge >= 0.3 is 0 Å². The lowest BCUT2D eigenvalue weighted by atomic mass is 10.2. The van der Waals surface area contributed by atoms with Crippen molar-refractivity contribution in [3.05, 3.63) is 59.9 Å². The lowest BCUT2D eigenvalue weighted by molar-refractivity contribution is 0.624. The van der Waals surface area contributed by atoms with Crippen molar-refractivity contribution in [2.45, 2.75) is 15.7 Å². The maximum Gasteiger partial charge on any atom is 0.124 e. The molecule has 3 heteroatoms. The van der Waals surface area contributed by atoms with Crippen LogP contribution >= 0.6 is 23.4 Å². The molecule has 0 aliphatic heterocycles. The normalized spacial score (nSPS) is 10.4. The summed E-state index contributed by atoms with van der Waals surface area (Å²) < 4.78 is 13.0. The zero-order valence-electron chi connectivity index (χ0n) is 8.49. The van der Waals surface area contributed by atoms with Gasteiger partial charge in [0.1, 0.15) is 5.82 Å². The van der Waals surface area contributed by atoms with Gasteiger partial charge in [0.15, 0.2) is 0 Å². The Labute approximate surface area is 103 Å². The lowest BCUT2D eigenvalue weighted by Crippen LogP contribution is -1.83. The maximum absolute atomic E-state index is 13.0. The largest absolute Gasteiger partial charge is 0.207 e. The van der Waals surface area contributed by atoms with Crippen molar-refractivity contribution in [1.82, 2.24) is 0 Å². The van der Waals surface area contributed by atoms with Crippen LogP contribution in [0.2, 0.25) is 0 Å². The topological polar surface area (TPSA) is 0 Å².